The van der Waals surface area contributed by atoms with Gasteiger partial charge in [0.05, 0.1) is 11.6 Å². The number of nitrogens with zero attached hydrogens (tertiary/aromatic N) is 2. The van der Waals surface area contributed by atoms with Crippen molar-refractivity contribution in [1.29, 1.82) is 5.26 Å². The van der Waals surface area contributed by atoms with Gasteiger partial charge >= 0.3 is 0 Å². The van der Waals surface area contributed by atoms with Crippen molar-refractivity contribution in [1.82, 2.24) is 4.98 Å². The molecule has 0 N–H and O–H groups in total. The van der Waals surface area contributed by atoms with Crippen molar-refractivity contribution < 1.29 is 0 Å². The molecule has 0 aliphatic heterocycles. The van der Waals surface area contributed by atoms with Crippen LogP contribution in [0.2, 0.25) is 0 Å². The van der Waals surface area contributed by atoms with E-state index in [4.69, 9.17) is 5.26 Å². The quantitative estimate of drug-likeness (QED) is 0.785. The first kappa shape index (κ1) is 17.9. The summed E-state index contributed by atoms with van der Waals surface area (Å²) in [4.78, 5) is 3.96. The van der Waals surface area contributed by atoms with Gasteiger partial charge in [0.25, 0.3) is 0 Å². The summed E-state index contributed by atoms with van der Waals surface area (Å²) in [6.45, 7) is 8.20. The molecule has 0 aliphatic rings. The lowest BCUT2D eigenvalue weighted by Crippen LogP contribution is -1.80. The molecular formula is C18H24N2. The third kappa shape index (κ3) is 7.33. The Kier molecular flexibility index (Phi) is 10.6. The summed E-state index contributed by atoms with van der Waals surface area (Å²) < 4.78 is 0. The Morgan fingerprint density at radius 2 is 1.65 bits per heavy atom. The number of rotatable bonds is 2. The molecule has 2 aromatic rings. The Balaban J connectivity index is 0.000000327. The zero-order valence-electron chi connectivity index (χ0n) is 12.9. The van der Waals surface area contributed by atoms with Crippen LogP contribution in [0, 0.1) is 11.3 Å². The SMILES string of the molecule is CC.CCc1cccc(C#N)c1.CCc1cccnc1. The standard InChI is InChI=1S/C9H9N.C7H9N.C2H6/c1-2-8-4-3-5-9(6-8)7-10;1-2-7-4-3-5-8-6-7;1-2/h3-6H,2H2,1H3;3-6H,2H2,1H3;1-2H3. The molecule has 0 saturated heterocycles. The monoisotopic (exact) mass is 268 g/mol. The predicted octanol–water partition coefficient (Wildman–Crippen LogP) is 4.79. The van der Waals surface area contributed by atoms with Gasteiger partial charge in [-0.1, -0.05) is 45.9 Å². The van der Waals surface area contributed by atoms with E-state index in [2.05, 4.69) is 31.0 Å². The zero-order chi connectivity index (χ0) is 15.2. The summed E-state index contributed by atoms with van der Waals surface area (Å²) in [5.74, 6) is 0. The minimum atomic E-state index is 0.749. The van der Waals surface area contributed by atoms with Gasteiger partial charge in [-0.25, -0.2) is 0 Å². The van der Waals surface area contributed by atoms with Gasteiger partial charge in [0.1, 0.15) is 0 Å². The average molecular weight is 268 g/mol. The minimum Gasteiger partial charge on any atom is -0.264 e. The molecule has 1 aromatic carbocycles. The number of aryl methyl sites for hydroxylation is 2. The van der Waals surface area contributed by atoms with E-state index >= 15 is 0 Å². The van der Waals surface area contributed by atoms with E-state index in [1.54, 1.807) is 6.20 Å². The van der Waals surface area contributed by atoms with Crippen molar-refractivity contribution in [3.05, 3.63) is 65.5 Å². The van der Waals surface area contributed by atoms with Crippen molar-refractivity contribution in [3.8, 4) is 6.07 Å². The maximum absolute atomic E-state index is 8.51. The van der Waals surface area contributed by atoms with Crippen LogP contribution >= 0.6 is 0 Å². The first-order valence-corrected chi connectivity index (χ1v) is 7.18. The van der Waals surface area contributed by atoms with Crippen LogP contribution in [0.25, 0.3) is 0 Å². The summed E-state index contributed by atoms with van der Waals surface area (Å²) in [5, 5.41) is 8.51. The summed E-state index contributed by atoms with van der Waals surface area (Å²) >= 11 is 0. The Labute approximate surface area is 123 Å². The van der Waals surface area contributed by atoms with Gasteiger partial charge in [-0.05, 0) is 42.2 Å². The number of benzene rings is 1. The molecule has 1 aromatic heterocycles. The molecule has 1 heterocycles. The van der Waals surface area contributed by atoms with E-state index in [1.165, 1.54) is 11.1 Å². The fourth-order valence-electron chi connectivity index (χ4n) is 1.47. The van der Waals surface area contributed by atoms with Crippen LogP contribution in [0.3, 0.4) is 0 Å². The minimum absolute atomic E-state index is 0.749. The van der Waals surface area contributed by atoms with E-state index in [-0.39, 0.29) is 0 Å². The lowest BCUT2D eigenvalue weighted by atomic mass is 10.1. The zero-order valence-corrected chi connectivity index (χ0v) is 12.9. The molecule has 0 aliphatic carbocycles. The van der Waals surface area contributed by atoms with E-state index in [0.29, 0.717) is 0 Å². The van der Waals surface area contributed by atoms with Crippen molar-refractivity contribution >= 4 is 0 Å². The van der Waals surface area contributed by atoms with Gasteiger partial charge in [0, 0.05) is 12.4 Å². The van der Waals surface area contributed by atoms with Crippen LogP contribution < -0.4 is 0 Å². The van der Waals surface area contributed by atoms with Gasteiger partial charge in [0.15, 0.2) is 0 Å². The van der Waals surface area contributed by atoms with E-state index in [1.807, 2.05) is 50.4 Å². The molecule has 0 fully saturated rings. The summed E-state index contributed by atoms with van der Waals surface area (Å²) in [6.07, 6.45) is 5.75. The molecule has 2 rings (SSSR count). The molecule has 0 atom stereocenters. The van der Waals surface area contributed by atoms with Crippen LogP contribution in [0.1, 0.15) is 44.4 Å². The average Bonchev–Trinajstić information content (AvgIpc) is 2.58. The predicted molar refractivity (Wildman–Crippen MR) is 85.5 cm³/mol. The largest absolute Gasteiger partial charge is 0.264 e. The maximum Gasteiger partial charge on any atom is 0.0991 e. The van der Waals surface area contributed by atoms with Crippen molar-refractivity contribution in [2.75, 3.05) is 0 Å². The summed E-state index contributed by atoms with van der Waals surface area (Å²) in [7, 11) is 0. The molecule has 20 heavy (non-hydrogen) atoms. The molecule has 106 valence electrons. The highest BCUT2D eigenvalue weighted by atomic mass is 14.6. The number of hydrogen-bond acceptors (Lipinski definition) is 2. The molecular weight excluding hydrogens is 244 g/mol. The van der Waals surface area contributed by atoms with Gasteiger partial charge in [-0.15, -0.1) is 0 Å². The second kappa shape index (κ2) is 11.9. The fraction of sp³-hybridized carbons (Fsp3) is 0.333. The molecule has 0 radical (unpaired) electrons. The first-order chi connectivity index (χ1) is 9.80. The Hall–Kier alpha value is -2.14. The fourth-order valence-corrected chi connectivity index (χ4v) is 1.47. The maximum atomic E-state index is 8.51. The highest BCUT2D eigenvalue weighted by molar-refractivity contribution is 5.32. The Morgan fingerprint density at radius 3 is 2.10 bits per heavy atom. The third-order valence-corrected chi connectivity index (χ3v) is 2.60. The molecule has 0 spiro atoms. The van der Waals surface area contributed by atoms with Gasteiger partial charge in [-0.3, -0.25) is 4.98 Å². The van der Waals surface area contributed by atoms with Crippen molar-refractivity contribution in [2.45, 2.75) is 40.5 Å². The smallest absolute Gasteiger partial charge is 0.0991 e. The molecule has 0 saturated carbocycles. The number of aromatic nitrogens is 1. The number of pyridine rings is 1. The molecule has 0 amide bonds. The second-order valence-electron chi connectivity index (χ2n) is 3.88. The summed E-state index contributed by atoms with van der Waals surface area (Å²) in [5.41, 5.74) is 3.27. The van der Waals surface area contributed by atoms with Crippen LogP contribution in [0.5, 0.6) is 0 Å². The van der Waals surface area contributed by atoms with Gasteiger partial charge in [0.2, 0.25) is 0 Å². The lowest BCUT2D eigenvalue weighted by Gasteiger charge is -1.93. The highest BCUT2D eigenvalue weighted by Gasteiger charge is 1.89. The van der Waals surface area contributed by atoms with Crippen molar-refractivity contribution in [3.63, 3.8) is 0 Å². The van der Waals surface area contributed by atoms with Crippen LogP contribution in [-0.2, 0) is 12.8 Å². The Morgan fingerprint density at radius 1 is 1.00 bits per heavy atom. The van der Waals surface area contributed by atoms with Crippen LogP contribution in [0.4, 0.5) is 0 Å². The van der Waals surface area contributed by atoms with Crippen molar-refractivity contribution in [2.24, 2.45) is 0 Å². The van der Waals surface area contributed by atoms with E-state index < -0.39 is 0 Å². The normalized spacial score (nSPS) is 8.35. The first-order valence-electron chi connectivity index (χ1n) is 7.18. The summed E-state index contributed by atoms with van der Waals surface area (Å²) in [6, 6.07) is 13.8. The molecule has 0 unspecified atom stereocenters. The van der Waals surface area contributed by atoms with Crippen LogP contribution in [0.15, 0.2) is 48.8 Å². The molecule has 2 nitrogen and oxygen atoms in total. The van der Waals surface area contributed by atoms with E-state index in [9.17, 15) is 0 Å². The molecule has 0 bridgehead atoms. The van der Waals surface area contributed by atoms with E-state index in [0.717, 1.165) is 18.4 Å². The lowest BCUT2D eigenvalue weighted by molar-refractivity contribution is 1.10. The third-order valence-electron chi connectivity index (χ3n) is 2.60. The van der Waals surface area contributed by atoms with Gasteiger partial charge < -0.3 is 0 Å². The second-order valence-corrected chi connectivity index (χ2v) is 3.88. The number of hydrogen-bond donors (Lipinski definition) is 0. The molecule has 2 heteroatoms. The number of nitriles is 1. The van der Waals surface area contributed by atoms with Gasteiger partial charge in [-0.2, -0.15) is 5.26 Å². The highest BCUT2D eigenvalue weighted by Crippen LogP contribution is 2.03. The Bertz CT molecular complexity index is 498. The van der Waals surface area contributed by atoms with Crippen LogP contribution in [-0.4, -0.2) is 4.98 Å². The topological polar surface area (TPSA) is 36.7 Å².